The van der Waals surface area contributed by atoms with Gasteiger partial charge in [-0.05, 0) is 18.6 Å². The van der Waals surface area contributed by atoms with Crippen molar-refractivity contribution >= 4 is 28.6 Å². The highest BCUT2D eigenvalue weighted by Gasteiger charge is 2.20. The van der Waals surface area contributed by atoms with Gasteiger partial charge in [0.15, 0.2) is 11.4 Å². The Labute approximate surface area is 121 Å². The molecule has 3 rings (SSSR count). The predicted molar refractivity (Wildman–Crippen MR) is 80.9 cm³/mol. The maximum Gasteiger partial charge on any atom is 0.185 e. The number of pyridine rings is 1. The third kappa shape index (κ3) is 2.51. The molecular weight excluding hydrogens is 272 g/mol. The molecule has 20 heavy (non-hydrogen) atoms. The first-order valence-electron chi connectivity index (χ1n) is 6.59. The molecule has 104 valence electrons. The molecule has 0 unspecified atom stereocenters. The molecule has 0 saturated carbocycles. The van der Waals surface area contributed by atoms with Gasteiger partial charge in [0.25, 0.3) is 0 Å². The molecule has 6 heteroatoms. The summed E-state index contributed by atoms with van der Waals surface area (Å²) in [7, 11) is 0. The van der Waals surface area contributed by atoms with E-state index in [1.165, 1.54) is 0 Å². The standard InChI is InChI=1S/C14H16N4OS/c1-11-8-12(10-19)9-16-13(11)17-3-5-18(6-4-17)14-15-2-7-20-14/h2,7-10H,3-6H2,1H3. The van der Waals surface area contributed by atoms with Crippen molar-refractivity contribution in [3.63, 3.8) is 0 Å². The monoisotopic (exact) mass is 288 g/mol. The van der Waals surface area contributed by atoms with E-state index in [0.717, 1.165) is 49.0 Å². The molecule has 1 aliphatic rings. The van der Waals surface area contributed by atoms with Gasteiger partial charge in [0.2, 0.25) is 0 Å². The van der Waals surface area contributed by atoms with E-state index in [2.05, 4.69) is 19.8 Å². The second-order valence-electron chi connectivity index (χ2n) is 4.82. The first-order valence-corrected chi connectivity index (χ1v) is 7.47. The molecule has 0 amide bonds. The van der Waals surface area contributed by atoms with Crippen LogP contribution in [0.4, 0.5) is 10.9 Å². The molecule has 0 bridgehead atoms. The van der Waals surface area contributed by atoms with Gasteiger partial charge in [-0.1, -0.05) is 0 Å². The zero-order valence-electron chi connectivity index (χ0n) is 11.3. The van der Waals surface area contributed by atoms with E-state index in [1.807, 2.05) is 24.6 Å². The number of aromatic nitrogens is 2. The number of carbonyl (C=O) groups is 1. The Morgan fingerprint density at radius 2 is 1.95 bits per heavy atom. The summed E-state index contributed by atoms with van der Waals surface area (Å²) >= 11 is 1.68. The topological polar surface area (TPSA) is 49.3 Å². The van der Waals surface area contributed by atoms with Crippen molar-refractivity contribution in [2.75, 3.05) is 36.0 Å². The highest BCUT2D eigenvalue weighted by atomic mass is 32.1. The van der Waals surface area contributed by atoms with Gasteiger partial charge in [0.05, 0.1) is 0 Å². The fourth-order valence-electron chi connectivity index (χ4n) is 2.47. The summed E-state index contributed by atoms with van der Waals surface area (Å²) in [6.45, 7) is 5.75. The SMILES string of the molecule is Cc1cc(C=O)cnc1N1CCN(c2nccs2)CC1. The van der Waals surface area contributed by atoms with Crippen molar-refractivity contribution in [1.82, 2.24) is 9.97 Å². The van der Waals surface area contributed by atoms with Crippen molar-refractivity contribution in [2.45, 2.75) is 6.92 Å². The normalized spacial score (nSPS) is 15.4. The molecule has 1 fully saturated rings. The lowest BCUT2D eigenvalue weighted by atomic mass is 10.2. The third-order valence-corrected chi connectivity index (χ3v) is 4.31. The van der Waals surface area contributed by atoms with E-state index in [0.29, 0.717) is 5.56 Å². The summed E-state index contributed by atoms with van der Waals surface area (Å²) < 4.78 is 0. The summed E-state index contributed by atoms with van der Waals surface area (Å²) in [5.74, 6) is 0.981. The van der Waals surface area contributed by atoms with Crippen LogP contribution in [0.25, 0.3) is 0 Å². The molecule has 0 aromatic carbocycles. The largest absolute Gasteiger partial charge is 0.353 e. The van der Waals surface area contributed by atoms with Crippen molar-refractivity contribution in [3.8, 4) is 0 Å². The van der Waals surface area contributed by atoms with Gasteiger partial charge < -0.3 is 9.80 Å². The minimum Gasteiger partial charge on any atom is -0.353 e. The van der Waals surface area contributed by atoms with Gasteiger partial charge in [-0.2, -0.15) is 0 Å². The highest BCUT2D eigenvalue weighted by molar-refractivity contribution is 7.13. The fraction of sp³-hybridized carbons (Fsp3) is 0.357. The van der Waals surface area contributed by atoms with E-state index in [9.17, 15) is 4.79 Å². The molecule has 1 saturated heterocycles. The number of anilines is 2. The van der Waals surface area contributed by atoms with Gasteiger partial charge in [-0.25, -0.2) is 9.97 Å². The summed E-state index contributed by atoms with van der Waals surface area (Å²) in [5.41, 5.74) is 1.69. The van der Waals surface area contributed by atoms with Crippen LogP contribution < -0.4 is 9.80 Å². The average Bonchev–Trinajstić information content (AvgIpc) is 3.01. The van der Waals surface area contributed by atoms with Crippen molar-refractivity contribution < 1.29 is 4.79 Å². The first kappa shape index (κ1) is 13.1. The van der Waals surface area contributed by atoms with Crippen LogP contribution in [-0.2, 0) is 0 Å². The number of nitrogens with zero attached hydrogens (tertiary/aromatic N) is 4. The van der Waals surface area contributed by atoms with Crippen LogP contribution in [0.2, 0.25) is 0 Å². The van der Waals surface area contributed by atoms with Gasteiger partial charge in [0.1, 0.15) is 5.82 Å². The lowest BCUT2D eigenvalue weighted by Crippen LogP contribution is -2.47. The van der Waals surface area contributed by atoms with Crippen LogP contribution in [0.5, 0.6) is 0 Å². The number of hydrogen-bond acceptors (Lipinski definition) is 6. The molecule has 0 atom stereocenters. The molecular formula is C14H16N4OS. The van der Waals surface area contributed by atoms with Crippen LogP contribution in [0, 0.1) is 6.92 Å². The van der Waals surface area contributed by atoms with Gasteiger partial charge in [0, 0.05) is 49.5 Å². The number of piperazine rings is 1. The molecule has 0 N–H and O–H groups in total. The first-order chi connectivity index (χ1) is 9.78. The molecule has 0 radical (unpaired) electrons. The molecule has 3 heterocycles. The summed E-state index contributed by atoms with van der Waals surface area (Å²) in [6, 6.07) is 1.89. The van der Waals surface area contributed by atoms with Crippen LogP contribution >= 0.6 is 11.3 Å². The molecule has 1 aliphatic heterocycles. The maximum absolute atomic E-state index is 10.8. The smallest absolute Gasteiger partial charge is 0.185 e. The number of carbonyl (C=O) groups excluding carboxylic acids is 1. The lowest BCUT2D eigenvalue weighted by Gasteiger charge is -2.35. The van der Waals surface area contributed by atoms with Crippen LogP contribution in [0.1, 0.15) is 15.9 Å². The van der Waals surface area contributed by atoms with E-state index in [4.69, 9.17) is 0 Å². The van der Waals surface area contributed by atoms with E-state index in [-0.39, 0.29) is 0 Å². The number of hydrogen-bond donors (Lipinski definition) is 0. The Morgan fingerprint density at radius 1 is 1.20 bits per heavy atom. The van der Waals surface area contributed by atoms with Crippen molar-refractivity contribution in [2.24, 2.45) is 0 Å². The second kappa shape index (κ2) is 5.58. The van der Waals surface area contributed by atoms with Crippen LogP contribution in [0.15, 0.2) is 23.8 Å². The second-order valence-corrected chi connectivity index (χ2v) is 5.69. The molecule has 5 nitrogen and oxygen atoms in total. The zero-order valence-corrected chi connectivity index (χ0v) is 12.1. The number of aldehydes is 1. The minimum absolute atomic E-state index is 0.632. The number of thiazole rings is 1. The molecule has 0 spiro atoms. The summed E-state index contributed by atoms with van der Waals surface area (Å²) in [6.07, 6.45) is 4.32. The quantitative estimate of drug-likeness (QED) is 0.808. The minimum atomic E-state index is 0.632. The van der Waals surface area contributed by atoms with Crippen LogP contribution in [-0.4, -0.2) is 42.4 Å². The van der Waals surface area contributed by atoms with Gasteiger partial charge in [-0.3, -0.25) is 4.79 Å². The number of rotatable bonds is 3. The number of aryl methyl sites for hydroxylation is 1. The fourth-order valence-corrected chi connectivity index (χ4v) is 3.16. The Kier molecular flexibility index (Phi) is 3.64. The van der Waals surface area contributed by atoms with Crippen molar-refractivity contribution in [3.05, 3.63) is 35.0 Å². The highest BCUT2D eigenvalue weighted by Crippen LogP contribution is 2.23. The maximum atomic E-state index is 10.8. The Bertz CT molecular complexity index is 591. The Morgan fingerprint density at radius 3 is 2.55 bits per heavy atom. The summed E-state index contributed by atoms with van der Waals surface area (Å²) in [5, 5.41) is 3.09. The Balaban J connectivity index is 1.70. The summed E-state index contributed by atoms with van der Waals surface area (Å²) in [4.78, 5) is 24.1. The average molecular weight is 288 g/mol. The zero-order chi connectivity index (χ0) is 13.9. The lowest BCUT2D eigenvalue weighted by molar-refractivity contribution is 0.112. The third-order valence-electron chi connectivity index (χ3n) is 3.48. The van der Waals surface area contributed by atoms with E-state index < -0.39 is 0 Å². The van der Waals surface area contributed by atoms with Gasteiger partial charge >= 0.3 is 0 Å². The van der Waals surface area contributed by atoms with Crippen molar-refractivity contribution in [1.29, 1.82) is 0 Å². The molecule has 0 aliphatic carbocycles. The van der Waals surface area contributed by atoms with Crippen LogP contribution in [0.3, 0.4) is 0 Å². The Hall–Kier alpha value is -1.95. The molecule has 2 aromatic heterocycles. The predicted octanol–water partition coefficient (Wildman–Crippen LogP) is 1.99. The molecule has 2 aromatic rings. The van der Waals surface area contributed by atoms with E-state index >= 15 is 0 Å². The van der Waals surface area contributed by atoms with Gasteiger partial charge in [-0.15, -0.1) is 11.3 Å². The van der Waals surface area contributed by atoms with E-state index in [1.54, 1.807) is 17.5 Å².